The highest BCUT2D eigenvalue weighted by atomic mass is 16.5. The molecule has 0 bridgehead atoms. The van der Waals surface area contributed by atoms with Gasteiger partial charge in [0.1, 0.15) is 5.60 Å². The highest BCUT2D eigenvalue weighted by molar-refractivity contribution is 5.05. The first-order chi connectivity index (χ1) is 9.91. The molecule has 0 spiro atoms. The van der Waals surface area contributed by atoms with Crippen LogP contribution in [0.15, 0.2) is 4.52 Å². The van der Waals surface area contributed by atoms with Crippen molar-refractivity contribution in [1.82, 2.24) is 15.5 Å². The van der Waals surface area contributed by atoms with E-state index in [0.29, 0.717) is 24.0 Å². The third kappa shape index (κ3) is 3.83. The zero-order valence-corrected chi connectivity index (χ0v) is 14.0. The Morgan fingerprint density at radius 2 is 1.95 bits per heavy atom. The minimum Gasteiger partial charge on any atom is -0.367 e. The van der Waals surface area contributed by atoms with Gasteiger partial charge < -0.3 is 14.6 Å². The monoisotopic (exact) mass is 295 g/mol. The number of likely N-dealkylation sites (N-methyl/N-ethyl adjacent to an activating group) is 1. The number of hydrogen-bond donors (Lipinski definition) is 1. The van der Waals surface area contributed by atoms with Crippen molar-refractivity contribution in [3.8, 4) is 0 Å². The zero-order chi connectivity index (χ0) is 15.5. The molecule has 1 N–H and O–H groups in total. The van der Waals surface area contributed by atoms with Gasteiger partial charge in [-0.3, -0.25) is 0 Å². The minimum absolute atomic E-state index is 0.326. The van der Waals surface area contributed by atoms with Crippen LogP contribution in [0.5, 0.6) is 0 Å². The van der Waals surface area contributed by atoms with Gasteiger partial charge in [0.05, 0.1) is 0 Å². The molecule has 1 aromatic heterocycles. The predicted octanol–water partition coefficient (Wildman–Crippen LogP) is 3.05. The van der Waals surface area contributed by atoms with Crippen LogP contribution in [0.4, 0.5) is 0 Å². The van der Waals surface area contributed by atoms with Gasteiger partial charge in [0.15, 0.2) is 0 Å². The first-order valence-corrected chi connectivity index (χ1v) is 8.05. The molecule has 1 aromatic rings. The third-order valence-corrected chi connectivity index (χ3v) is 4.68. The Balaban J connectivity index is 2.15. The standard InChI is InChI=1S/C16H29N3O2/c1-6-20-16(9-7-15(3,4)8-10-16)14-18-13(21-19-14)11-12(2)17-5/h12,17H,6-11H2,1-5H3. The van der Waals surface area contributed by atoms with Gasteiger partial charge in [-0.25, -0.2) is 0 Å². The van der Waals surface area contributed by atoms with Crippen LogP contribution in [0.3, 0.4) is 0 Å². The lowest BCUT2D eigenvalue weighted by Crippen LogP contribution is -2.38. The zero-order valence-electron chi connectivity index (χ0n) is 14.0. The summed E-state index contributed by atoms with van der Waals surface area (Å²) in [5.74, 6) is 1.42. The van der Waals surface area contributed by atoms with E-state index in [0.717, 1.165) is 37.9 Å². The van der Waals surface area contributed by atoms with Crippen molar-refractivity contribution in [2.24, 2.45) is 5.41 Å². The molecule has 5 nitrogen and oxygen atoms in total. The van der Waals surface area contributed by atoms with Crippen LogP contribution in [0, 0.1) is 5.41 Å². The molecule has 0 aromatic carbocycles. The van der Waals surface area contributed by atoms with Crippen LogP contribution < -0.4 is 5.32 Å². The highest BCUT2D eigenvalue weighted by Crippen LogP contribution is 2.46. The molecule has 0 amide bonds. The molecule has 1 aliphatic carbocycles. The largest absolute Gasteiger partial charge is 0.367 e. The van der Waals surface area contributed by atoms with Crippen LogP contribution in [0.2, 0.25) is 0 Å². The summed E-state index contributed by atoms with van der Waals surface area (Å²) in [6, 6.07) is 0.326. The van der Waals surface area contributed by atoms with E-state index in [4.69, 9.17) is 9.26 Å². The number of aromatic nitrogens is 2. The van der Waals surface area contributed by atoms with Crippen LogP contribution in [0.1, 0.15) is 65.1 Å². The molecule has 1 saturated carbocycles. The second-order valence-electron chi connectivity index (χ2n) is 7.00. The normalized spacial score (nSPS) is 22.1. The maximum atomic E-state index is 6.09. The van der Waals surface area contributed by atoms with Crippen molar-refractivity contribution in [3.63, 3.8) is 0 Å². The topological polar surface area (TPSA) is 60.2 Å². The Bertz CT molecular complexity index is 446. The van der Waals surface area contributed by atoms with E-state index in [1.165, 1.54) is 0 Å². The van der Waals surface area contributed by atoms with Gasteiger partial charge in [0, 0.05) is 19.1 Å². The Hall–Kier alpha value is -0.940. The molecule has 0 saturated heterocycles. The molecule has 5 heteroatoms. The number of ether oxygens (including phenoxy) is 1. The van der Waals surface area contributed by atoms with Gasteiger partial charge in [-0.15, -0.1) is 0 Å². The van der Waals surface area contributed by atoms with E-state index in [-0.39, 0.29) is 5.60 Å². The van der Waals surface area contributed by atoms with Crippen molar-refractivity contribution >= 4 is 0 Å². The van der Waals surface area contributed by atoms with Gasteiger partial charge in [-0.1, -0.05) is 19.0 Å². The molecule has 1 unspecified atom stereocenters. The lowest BCUT2D eigenvalue weighted by atomic mass is 9.70. The second-order valence-corrected chi connectivity index (χ2v) is 7.00. The molecule has 1 fully saturated rings. The Kier molecular flexibility index (Phi) is 5.04. The molecule has 1 atom stereocenters. The summed E-state index contributed by atoms with van der Waals surface area (Å²) in [6.07, 6.45) is 4.94. The van der Waals surface area contributed by atoms with Crippen molar-refractivity contribution in [1.29, 1.82) is 0 Å². The fourth-order valence-electron chi connectivity index (χ4n) is 2.93. The van der Waals surface area contributed by atoms with E-state index < -0.39 is 0 Å². The van der Waals surface area contributed by atoms with Gasteiger partial charge >= 0.3 is 0 Å². The lowest BCUT2D eigenvalue weighted by molar-refractivity contribution is -0.0957. The first kappa shape index (κ1) is 16.4. The summed E-state index contributed by atoms with van der Waals surface area (Å²) in [5, 5.41) is 7.42. The molecule has 120 valence electrons. The van der Waals surface area contributed by atoms with Gasteiger partial charge in [-0.2, -0.15) is 4.98 Å². The first-order valence-electron chi connectivity index (χ1n) is 8.05. The van der Waals surface area contributed by atoms with Crippen molar-refractivity contribution in [2.45, 2.75) is 71.4 Å². The highest BCUT2D eigenvalue weighted by Gasteiger charge is 2.43. The fourth-order valence-corrected chi connectivity index (χ4v) is 2.93. The smallest absolute Gasteiger partial charge is 0.228 e. The molecule has 1 aliphatic rings. The molecular formula is C16H29N3O2. The lowest BCUT2D eigenvalue weighted by Gasteiger charge is -2.41. The van der Waals surface area contributed by atoms with Gasteiger partial charge in [0.2, 0.25) is 11.7 Å². The van der Waals surface area contributed by atoms with E-state index in [2.05, 4.69) is 36.2 Å². The fraction of sp³-hybridized carbons (Fsp3) is 0.875. The average Bonchev–Trinajstić information content (AvgIpc) is 2.90. The van der Waals surface area contributed by atoms with Crippen molar-refractivity contribution in [3.05, 3.63) is 11.7 Å². The summed E-state index contributed by atoms with van der Waals surface area (Å²) >= 11 is 0. The maximum Gasteiger partial charge on any atom is 0.228 e. The number of hydrogen-bond acceptors (Lipinski definition) is 5. The summed E-state index contributed by atoms with van der Waals surface area (Å²) in [4.78, 5) is 4.62. The van der Waals surface area contributed by atoms with Crippen LogP contribution in [-0.2, 0) is 16.8 Å². The molecule has 1 heterocycles. The minimum atomic E-state index is -0.352. The predicted molar refractivity (Wildman–Crippen MR) is 82.1 cm³/mol. The molecule has 0 radical (unpaired) electrons. The summed E-state index contributed by atoms with van der Waals surface area (Å²) < 4.78 is 11.5. The van der Waals surface area contributed by atoms with Crippen molar-refractivity contribution < 1.29 is 9.26 Å². The Labute approximate surface area is 127 Å². The molecule has 0 aliphatic heterocycles. The van der Waals surface area contributed by atoms with Gasteiger partial charge in [-0.05, 0) is 52.0 Å². The van der Waals surface area contributed by atoms with Crippen molar-refractivity contribution in [2.75, 3.05) is 13.7 Å². The second kappa shape index (κ2) is 6.44. The van der Waals surface area contributed by atoms with Crippen LogP contribution >= 0.6 is 0 Å². The van der Waals surface area contributed by atoms with E-state index in [1.54, 1.807) is 0 Å². The quantitative estimate of drug-likeness (QED) is 0.874. The van der Waals surface area contributed by atoms with E-state index in [9.17, 15) is 0 Å². The summed E-state index contributed by atoms with van der Waals surface area (Å²) in [7, 11) is 1.94. The number of nitrogens with zero attached hydrogens (tertiary/aromatic N) is 2. The SMILES string of the molecule is CCOC1(c2noc(CC(C)NC)n2)CCC(C)(C)CC1. The van der Waals surface area contributed by atoms with E-state index >= 15 is 0 Å². The summed E-state index contributed by atoms with van der Waals surface area (Å²) in [6.45, 7) is 9.45. The average molecular weight is 295 g/mol. The van der Waals surface area contributed by atoms with E-state index in [1.807, 2.05) is 14.0 Å². The molecule has 21 heavy (non-hydrogen) atoms. The van der Waals surface area contributed by atoms with Crippen LogP contribution in [-0.4, -0.2) is 29.8 Å². The molecular weight excluding hydrogens is 266 g/mol. The third-order valence-electron chi connectivity index (χ3n) is 4.68. The molecule has 2 rings (SSSR count). The maximum absolute atomic E-state index is 6.09. The van der Waals surface area contributed by atoms with Crippen LogP contribution in [0.25, 0.3) is 0 Å². The Morgan fingerprint density at radius 3 is 2.52 bits per heavy atom. The Morgan fingerprint density at radius 1 is 1.29 bits per heavy atom. The number of nitrogens with one attached hydrogen (secondary N) is 1. The summed E-state index contributed by atoms with van der Waals surface area (Å²) in [5.41, 5.74) is 0.0305. The van der Waals surface area contributed by atoms with Gasteiger partial charge in [0.25, 0.3) is 0 Å². The number of rotatable bonds is 6.